The van der Waals surface area contributed by atoms with E-state index in [1.165, 1.54) is 18.2 Å². The van der Waals surface area contributed by atoms with Gasteiger partial charge in [0.2, 0.25) is 0 Å². The van der Waals surface area contributed by atoms with Crippen molar-refractivity contribution in [3.05, 3.63) is 34.6 Å². The van der Waals surface area contributed by atoms with Crippen molar-refractivity contribution >= 4 is 11.6 Å². The molecule has 0 bridgehead atoms. The lowest BCUT2D eigenvalue weighted by Gasteiger charge is -2.14. The molecule has 16 heavy (non-hydrogen) atoms. The molecule has 0 radical (unpaired) electrons. The van der Waals surface area contributed by atoms with Crippen molar-refractivity contribution in [2.75, 3.05) is 13.2 Å². The molecule has 0 saturated heterocycles. The van der Waals surface area contributed by atoms with Crippen molar-refractivity contribution in [2.24, 2.45) is 0 Å². The van der Waals surface area contributed by atoms with Crippen molar-refractivity contribution in [2.45, 2.75) is 12.5 Å². The van der Waals surface area contributed by atoms with E-state index in [2.05, 4.69) is 5.32 Å². The molecule has 1 aromatic rings. The topological polar surface area (TPSA) is 32.3 Å². The molecule has 6 heteroatoms. The molecule has 0 aliphatic heterocycles. The first-order valence-electron chi connectivity index (χ1n) is 4.58. The van der Waals surface area contributed by atoms with E-state index in [4.69, 9.17) is 16.7 Å². The lowest BCUT2D eigenvalue weighted by atomic mass is 10.2. The molecule has 1 rings (SSSR count). The van der Waals surface area contributed by atoms with Crippen molar-refractivity contribution in [3.8, 4) is 0 Å². The maximum Gasteiger partial charge on any atom is 0.282 e. The highest BCUT2D eigenvalue weighted by Crippen LogP contribution is 2.17. The number of alkyl halides is 2. The molecule has 1 aromatic carbocycles. The van der Waals surface area contributed by atoms with E-state index in [1.807, 2.05) is 0 Å². The summed E-state index contributed by atoms with van der Waals surface area (Å²) in [6.07, 6.45) is 0. The summed E-state index contributed by atoms with van der Waals surface area (Å²) >= 11 is 5.74. The average Bonchev–Trinajstić information content (AvgIpc) is 2.23. The van der Waals surface area contributed by atoms with Crippen LogP contribution in [0.1, 0.15) is 5.56 Å². The van der Waals surface area contributed by atoms with Gasteiger partial charge in [0, 0.05) is 11.6 Å². The Balaban J connectivity index is 2.52. The smallest absolute Gasteiger partial charge is 0.282 e. The van der Waals surface area contributed by atoms with Gasteiger partial charge in [-0.2, -0.15) is 0 Å². The lowest BCUT2D eigenvalue weighted by molar-refractivity contribution is -0.0477. The second-order valence-electron chi connectivity index (χ2n) is 3.35. The minimum absolute atomic E-state index is 0.0200. The molecule has 0 aliphatic rings. The first kappa shape index (κ1) is 13.3. The maximum absolute atomic E-state index is 12.8. The number of aliphatic hydroxyl groups is 1. The van der Waals surface area contributed by atoms with E-state index in [0.29, 0.717) is 10.6 Å². The minimum Gasteiger partial charge on any atom is -0.390 e. The summed E-state index contributed by atoms with van der Waals surface area (Å²) < 4.78 is 38.0. The van der Waals surface area contributed by atoms with Gasteiger partial charge in [-0.25, -0.2) is 13.2 Å². The molecule has 0 aliphatic carbocycles. The predicted molar refractivity (Wildman–Crippen MR) is 55.1 cm³/mol. The number of hydrogen-bond donors (Lipinski definition) is 2. The SMILES string of the molecule is OCC(F)(F)CNCc1cc(F)ccc1Cl. The van der Waals surface area contributed by atoms with Crippen LogP contribution < -0.4 is 5.32 Å². The third kappa shape index (κ3) is 4.00. The third-order valence-corrected chi connectivity index (χ3v) is 2.31. The van der Waals surface area contributed by atoms with Gasteiger partial charge in [0.05, 0.1) is 6.54 Å². The largest absolute Gasteiger partial charge is 0.390 e. The van der Waals surface area contributed by atoms with Crippen molar-refractivity contribution < 1.29 is 18.3 Å². The second kappa shape index (κ2) is 5.52. The Kier molecular flexibility index (Phi) is 4.58. The first-order chi connectivity index (χ1) is 7.44. The standard InChI is InChI=1S/C10H11ClF3NO/c11-9-2-1-8(12)3-7(9)4-15-5-10(13,14)6-16/h1-3,15-16H,4-6H2. The quantitative estimate of drug-likeness (QED) is 0.843. The van der Waals surface area contributed by atoms with Gasteiger partial charge in [-0.1, -0.05) is 11.6 Å². The molecule has 0 aromatic heterocycles. The van der Waals surface area contributed by atoms with Crippen LogP contribution in [-0.2, 0) is 6.54 Å². The van der Waals surface area contributed by atoms with E-state index in [-0.39, 0.29) is 6.54 Å². The summed E-state index contributed by atoms with van der Waals surface area (Å²) in [7, 11) is 0. The highest BCUT2D eigenvalue weighted by Gasteiger charge is 2.26. The molecular weight excluding hydrogens is 243 g/mol. The molecule has 0 spiro atoms. The van der Waals surface area contributed by atoms with Crippen LogP contribution in [0.25, 0.3) is 0 Å². The summed E-state index contributed by atoms with van der Waals surface area (Å²) in [6.45, 7) is -1.89. The Morgan fingerprint density at radius 1 is 1.38 bits per heavy atom. The van der Waals surface area contributed by atoms with E-state index < -0.39 is 24.9 Å². The third-order valence-electron chi connectivity index (χ3n) is 1.94. The summed E-state index contributed by atoms with van der Waals surface area (Å²) in [4.78, 5) is 0. The van der Waals surface area contributed by atoms with Gasteiger partial charge in [-0.15, -0.1) is 0 Å². The number of rotatable bonds is 5. The number of aliphatic hydroxyl groups excluding tert-OH is 1. The second-order valence-corrected chi connectivity index (χ2v) is 3.76. The summed E-state index contributed by atoms with van der Waals surface area (Å²) in [5.41, 5.74) is 0.399. The van der Waals surface area contributed by atoms with Crippen molar-refractivity contribution in [3.63, 3.8) is 0 Å². The van der Waals surface area contributed by atoms with Crippen LogP contribution in [0.5, 0.6) is 0 Å². The van der Waals surface area contributed by atoms with Gasteiger partial charge in [0.15, 0.2) is 0 Å². The molecule has 2 nitrogen and oxygen atoms in total. The van der Waals surface area contributed by atoms with Crippen LogP contribution in [0.15, 0.2) is 18.2 Å². The lowest BCUT2D eigenvalue weighted by Crippen LogP contribution is -2.35. The zero-order chi connectivity index (χ0) is 12.2. The number of benzene rings is 1. The average molecular weight is 254 g/mol. The Morgan fingerprint density at radius 3 is 2.69 bits per heavy atom. The molecule has 0 fully saturated rings. The maximum atomic E-state index is 12.8. The fraction of sp³-hybridized carbons (Fsp3) is 0.400. The van der Waals surface area contributed by atoms with Crippen molar-refractivity contribution in [1.82, 2.24) is 5.32 Å². The fourth-order valence-corrected chi connectivity index (χ4v) is 1.30. The van der Waals surface area contributed by atoms with Gasteiger partial charge in [-0.05, 0) is 23.8 Å². The van der Waals surface area contributed by atoms with E-state index in [9.17, 15) is 13.2 Å². The van der Waals surface area contributed by atoms with Gasteiger partial charge in [-0.3, -0.25) is 0 Å². The monoisotopic (exact) mass is 253 g/mol. The van der Waals surface area contributed by atoms with Crippen LogP contribution in [0.2, 0.25) is 5.02 Å². The zero-order valence-electron chi connectivity index (χ0n) is 8.31. The predicted octanol–water partition coefficient (Wildman–Crippen LogP) is 2.20. The van der Waals surface area contributed by atoms with Gasteiger partial charge in [0.25, 0.3) is 5.92 Å². The van der Waals surface area contributed by atoms with Crippen LogP contribution in [0.3, 0.4) is 0 Å². The van der Waals surface area contributed by atoms with Crippen molar-refractivity contribution in [1.29, 1.82) is 0 Å². The summed E-state index contributed by atoms with van der Waals surface area (Å²) in [6, 6.07) is 3.72. The van der Waals surface area contributed by atoms with Gasteiger partial charge < -0.3 is 10.4 Å². The zero-order valence-corrected chi connectivity index (χ0v) is 9.07. The molecule has 90 valence electrons. The van der Waals surface area contributed by atoms with E-state index >= 15 is 0 Å². The van der Waals surface area contributed by atoms with Crippen LogP contribution in [-0.4, -0.2) is 24.2 Å². The molecule has 0 atom stereocenters. The minimum atomic E-state index is -3.18. The van der Waals surface area contributed by atoms with Crippen LogP contribution in [0, 0.1) is 5.82 Å². The molecular formula is C10H11ClF3NO. The summed E-state index contributed by atoms with van der Waals surface area (Å²) in [5.74, 6) is -3.66. The Labute approximate surface area is 96.0 Å². The van der Waals surface area contributed by atoms with Gasteiger partial charge in [0.1, 0.15) is 12.4 Å². The number of nitrogens with one attached hydrogen (secondary N) is 1. The number of halogens is 4. The molecule has 0 amide bonds. The molecule has 0 heterocycles. The number of hydrogen-bond acceptors (Lipinski definition) is 2. The first-order valence-corrected chi connectivity index (χ1v) is 4.96. The van der Waals surface area contributed by atoms with Crippen LogP contribution >= 0.6 is 11.6 Å². The Morgan fingerprint density at radius 2 is 2.06 bits per heavy atom. The summed E-state index contributed by atoms with van der Waals surface area (Å²) in [5, 5.41) is 11.0. The van der Waals surface area contributed by atoms with Gasteiger partial charge >= 0.3 is 0 Å². The highest BCUT2D eigenvalue weighted by atomic mass is 35.5. The van der Waals surface area contributed by atoms with E-state index in [1.54, 1.807) is 0 Å². The van der Waals surface area contributed by atoms with Crippen LogP contribution in [0.4, 0.5) is 13.2 Å². The Bertz CT molecular complexity index is 360. The normalized spacial score (nSPS) is 11.8. The highest BCUT2D eigenvalue weighted by molar-refractivity contribution is 6.31. The Hall–Kier alpha value is -0.780. The van der Waals surface area contributed by atoms with E-state index in [0.717, 1.165) is 0 Å². The molecule has 2 N–H and O–H groups in total. The fourth-order valence-electron chi connectivity index (χ4n) is 1.11. The molecule has 0 saturated carbocycles. The molecule has 0 unspecified atom stereocenters.